The number of aromatic nitrogens is 1. The molecule has 0 spiro atoms. The van der Waals surface area contributed by atoms with Gasteiger partial charge in [-0.3, -0.25) is 14.7 Å². The lowest BCUT2D eigenvalue weighted by molar-refractivity contribution is -0.136. The van der Waals surface area contributed by atoms with Gasteiger partial charge in [0.2, 0.25) is 0 Å². The lowest BCUT2D eigenvalue weighted by atomic mass is 10.3. The van der Waals surface area contributed by atoms with Gasteiger partial charge in [0.15, 0.2) is 6.10 Å². The maximum atomic E-state index is 12.0. The highest BCUT2D eigenvalue weighted by Crippen LogP contribution is 2.12. The molecule has 2 heterocycles. The van der Waals surface area contributed by atoms with Crippen LogP contribution in [0.4, 0.5) is 4.79 Å². The van der Waals surface area contributed by atoms with Crippen LogP contribution in [0.3, 0.4) is 0 Å². The molecule has 1 aliphatic heterocycles. The molecule has 1 atom stereocenters. The average molecular weight is 342 g/mol. The number of ether oxygens (including phenoxy) is 1. The maximum Gasteiger partial charge on any atom is 0.340 e. The number of imide groups is 1. The number of pyridine rings is 1. The minimum atomic E-state index is -1.04. The third kappa shape index (κ3) is 3.13. The summed E-state index contributed by atoms with van der Waals surface area (Å²) in [5.74, 6) is -1.21. The first kappa shape index (κ1) is 14.4. The van der Waals surface area contributed by atoms with E-state index in [1.165, 1.54) is 25.4 Å². The molecular formula is C12H12BrN3O4. The Balaban J connectivity index is 2.00. The number of urea groups is 1. The van der Waals surface area contributed by atoms with E-state index in [1.807, 2.05) is 0 Å². The van der Waals surface area contributed by atoms with Crippen LogP contribution in [0.25, 0.3) is 0 Å². The van der Waals surface area contributed by atoms with E-state index < -0.39 is 24.0 Å². The molecule has 1 aromatic rings. The number of nitrogens with zero attached hydrogens (tertiary/aromatic N) is 2. The van der Waals surface area contributed by atoms with Gasteiger partial charge in [-0.2, -0.15) is 0 Å². The van der Waals surface area contributed by atoms with Gasteiger partial charge in [-0.15, -0.1) is 0 Å². The smallest absolute Gasteiger partial charge is 0.340 e. The van der Waals surface area contributed by atoms with Crippen molar-refractivity contribution in [1.29, 1.82) is 0 Å². The second-order valence-electron chi connectivity index (χ2n) is 4.16. The van der Waals surface area contributed by atoms with E-state index in [0.29, 0.717) is 11.0 Å². The van der Waals surface area contributed by atoms with Crippen LogP contribution in [0.15, 0.2) is 22.9 Å². The molecule has 0 aliphatic carbocycles. The number of nitrogens with one attached hydrogen (secondary N) is 1. The number of halogens is 1. The van der Waals surface area contributed by atoms with Crippen molar-refractivity contribution in [1.82, 2.24) is 15.2 Å². The SMILES string of the molecule is CC(OC(=O)c1cncc(Br)c1)C(=O)N1CCNC1=O. The van der Waals surface area contributed by atoms with Crippen molar-refractivity contribution in [2.45, 2.75) is 13.0 Å². The molecule has 1 fully saturated rings. The molecular weight excluding hydrogens is 330 g/mol. The molecule has 0 saturated carbocycles. The summed E-state index contributed by atoms with van der Waals surface area (Å²) in [6.07, 6.45) is 1.83. The Bertz CT molecular complexity index is 563. The summed E-state index contributed by atoms with van der Waals surface area (Å²) in [7, 11) is 0. The maximum absolute atomic E-state index is 12.0. The Morgan fingerprint density at radius 1 is 1.50 bits per heavy atom. The highest BCUT2D eigenvalue weighted by molar-refractivity contribution is 9.10. The van der Waals surface area contributed by atoms with Crippen molar-refractivity contribution in [2.75, 3.05) is 13.1 Å². The number of carbonyl (C=O) groups excluding carboxylic acids is 3. The standard InChI is InChI=1S/C12H12BrN3O4/c1-7(10(17)16-3-2-15-12(16)19)20-11(18)8-4-9(13)6-14-5-8/h4-7H,2-3H2,1H3,(H,15,19). The van der Waals surface area contributed by atoms with Crippen LogP contribution in [0.2, 0.25) is 0 Å². The molecule has 0 bridgehead atoms. The average Bonchev–Trinajstić information content (AvgIpc) is 2.84. The van der Waals surface area contributed by atoms with Gasteiger partial charge < -0.3 is 10.1 Å². The Morgan fingerprint density at radius 2 is 2.25 bits per heavy atom. The highest BCUT2D eigenvalue weighted by Gasteiger charge is 2.31. The predicted molar refractivity (Wildman–Crippen MR) is 71.9 cm³/mol. The van der Waals surface area contributed by atoms with E-state index in [2.05, 4.69) is 26.2 Å². The van der Waals surface area contributed by atoms with Crippen LogP contribution in [0.1, 0.15) is 17.3 Å². The topological polar surface area (TPSA) is 88.6 Å². The number of carbonyl (C=O) groups is 3. The van der Waals surface area contributed by atoms with E-state index in [9.17, 15) is 14.4 Å². The first-order chi connectivity index (χ1) is 9.49. The van der Waals surface area contributed by atoms with E-state index in [1.54, 1.807) is 0 Å². The summed E-state index contributed by atoms with van der Waals surface area (Å²) >= 11 is 3.19. The fourth-order valence-electron chi connectivity index (χ4n) is 1.70. The lowest BCUT2D eigenvalue weighted by Gasteiger charge is -2.18. The lowest BCUT2D eigenvalue weighted by Crippen LogP contribution is -2.41. The third-order valence-electron chi connectivity index (χ3n) is 2.69. The highest BCUT2D eigenvalue weighted by atomic mass is 79.9. The van der Waals surface area contributed by atoms with E-state index >= 15 is 0 Å². The van der Waals surface area contributed by atoms with Crippen LogP contribution >= 0.6 is 15.9 Å². The molecule has 1 saturated heterocycles. The molecule has 1 N–H and O–H groups in total. The van der Waals surface area contributed by atoms with Crippen molar-refractivity contribution < 1.29 is 19.1 Å². The normalized spacial score (nSPS) is 15.7. The van der Waals surface area contributed by atoms with E-state index in [-0.39, 0.29) is 12.1 Å². The third-order valence-corrected chi connectivity index (χ3v) is 3.13. The molecule has 1 aliphatic rings. The summed E-state index contributed by atoms with van der Waals surface area (Å²) < 4.78 is 5.67. The van der Waals surface area contributed by atoms with Crippen molar-refractivity contribution in [3.8, 4) is 0 Å². The Labute approximate surface area is 123 Å². The second kappa shape index (κ2) is 6.00. The van der Waals surface area contributed by atoms with Gasteiger partial charge in [-0.25, -0.2) is 9.59 Å². The minimum absolute atomic E-state index is 0.227. The fourth-order valence-corrected chi connectivity index (χ4v) is 2.07. The van der Waals surface area contributed by atoms with Crippen LogP contribution in [0.5, 0.6) is 0 Å². The van der Waals surface area contributed by atoms with Crippen LogP contribution < -0.4 is 5.32 Å². The van der Waals surface area contributed by atoms with Crippen molar-refractivity contribution in [3.63, 3.8) is 0 Å². The number of amides is 3. The molecule has 7 nitrogen and oxygen atoms in total. The van der Waals surface area contributed by atoms with Crippen LogP contribution in [-0.4, -0.2) is 47.0 Å². The summed E-state index contributed by atoms with van der Waals surface area (Å²) in [6, 6.07) is 1.07. The summed E-state index contributed by atoms with van der Waals surface area (Å²) in [5.41, 5.74) is 0.227. The van der Waals surface area contributed by atoms with Crippen LogP contribution in [-0.2, 0) is 9.53 Å². The molecule has 0 aromatic carbocycles. The molecule has 2 rings (SSSR count). The van der Waals surface area contributed by atoms with E-state index in [0.717, 1.165) is 4.90 Å². The minimum Gasteiger partial charge on any atom is -0.449 e. The van der Waals surface area contributed by atoms with E-state index in [4.69, 9.17) is 4.74 Å². The molecule has 3 amide bonds. The Morgan fingerprint density at radius 3 is 2.85 bits per heavy atom. The Hall–Kier alpha value is -1.96. The van der Waals surface area contributed by atoms with Crippen molar-refractivity contribution in [2.24, 2.45) is 0 Å². The summed E-state index contributed by atoms with van der Waals surface area (Å²) in [5, 5.41) is 2.51. The van der Waals surface area contributed by atoms with Gasteiger partial charge in [0.05, 0.1) is 5.56 Å². The molecule has 8 heteroatoms. The predicted octanol–water partition coefficient (Wildman–Crippen LogP) is 0.941. The molecule has 106 valence electrons. The molecule has 1 unspecified atom stereocenters. The largest absolute Gasteiger partial charge is 0.449 e. The van der Waals surface area contributed by atoms with Crippen molar-refractivity contribution in [3.05, 3.63) is 28.5 Å². The molecule has 20 heavy (non-hydrogen) atoms. The second-order valence-corrected chi connectivity index (χ2v) is 5.08. The van der Waals surface area contributed by atoms with Crippen LogP contribution in [0, 0.1) is 0 Å². The van der Waals surface area contributed by atoms with Gasteiger partial charge in [0.1, 0.15) is 0 Å². The zero-order valence-electron chi connectivity index (χ0n) is 10.6. The quantitative estimate of drug-likeness (QED) is 0.826. The van der Waals surface area contributed by atoms with Gasteiger partial charge >= 0.3 is 12.0 Å². The van der Waals surface area contributed by atoms with Gasteiger partial charge in [-0.05, 0) is 28.9 Å². The van der Waals surface area contributed by atoms with Gasteiger partial charge in [0.25, 0.3) is 5.91 Å². The van der Waals surface area contributed by atoms with Gasteiger partial charge in [0, 0.05) is 30.0 Å². The summed E-state index contributed by atoms with van der Waals surface area (Å²) in [4.78, 5) is 40.0. The number of hydrogen-bond acceptors (Lipinski definition) is 5. The zero-order chi connectivity index (χ0) is 14.7. The number of esters is 1. The zero-order valence-corrected chi connectivity index (χ0v) is 12.2. The van der Waals surface area contributed by atoms with Crippen molar-refractivity contribution >= 4 is 33.8 Å². The fraction of sp³-hybridized carbons (Fsp3) is 0.333. The monoisotopic (exact) mass is 341 g/mol. The molecule has 0 radical (unpaired) electrons. The first-order valence-electron chi connectivity index (χ1n) is 5.90. The van der Waals surface area contributed by atoms with Gasteiger partial charge in [-0.1, -0.05) is 0 Å². The number of hydrogen-bond donors (Lipinski definition) is 1. The molecule has 1 aromatic heterocycles. The number of rotatable bonds is 3. The Kier molecular flexibility index (Phi) is 4.33. The first-order valence-corrected chi connectivity index (χ1v) is 6.69. The summed E-state index contributed by atoms with van der Waals surface area (Å²) in [6.45, 7) is 2.11.